The predicted octanol–water partition coefficient (Wildman–Crippen LogP) is 6.91. The second-order valence-electron chi connectivity index (χ2n) is 18.8. The Morgan fingerprint density at radius 1 is 0.662 bits per heavy atom. The number of hydrogen-bond acceptors (Lipinski definition) is 17. The van der Waals surface area contributed by atoms with Crippen LogP contribution in [-0.4, -0.2) is 92.3 Å². The highest BCUT2D eigenvalue weighted by atomic mass is 16.6. The lowest BCUT2D eigenvalue weighted by atomic mass is 10.0. The number of aromatic nitrogens is 4. The molecule has 2 unspecified atom stereocenters. The molecule has 0 aromatic carbocycles. The van der Waals surface area contributed by atoms with Gasteiger partial charge in [-0.05, 0) is 139 Å². The van der Waals surface area contributed by atoms with Crippen LogP contribution < -0.4 is 30.7 Å². The average molecular weight is 945 g/mol. The van der Waals surface area contributed by atoms with Gasteiger partial charge in [0.15, 0.2) is 24.8 Å². The second kappa shape index (κ2) is 24.8. The Morgan fingerprint density at radius 2 is 1.09 bits per heavy atom. The third-order valence-electron chi connectivity index (χ3n) is 10.9. The molecule has 0 spiro atoms. The number of nitrogens with zero attached hydrogens (tertiary/aromatic N) is 5. The molecule has 2 saturated carbocycles. The van der Waals surface area contributed by atoms with E-state index in [1.165, 1.54) is 30.9 Å². The van der Waals surface area contributed by atoms with Crippen LogP contribution in [0.5, 0.6) is 11.8 Å². The van der Waals surface area contributed by atoms with Gasteiger partial charge in [-0.2, -0.15) is 4.90 Å². The van der Waals surface area contributed by atoms with Gasteiger partial charge in [0.2, 0.25) is 11.8 Å². The van der Waals surface area contributed by atoms with Crippen LogP contribution in [0, 0.1) is 11.8 Å². The van der Waals surface area contributed by atoms with Crippen molar-refractivity contribution in [1.29, 1.82) is 0 Å². The maximum absolute atomic E-state index is 13.1. The maximum atomic E-state index is 13.1. The van der Waals surface area contributed by atoms with Crippen molar-refractivity contribution >= 4 is 47.2 Å². The number of ketones is 2. The third-order valence-corrected chi connectivity index (χ3v) is 10.9. The van der Waals surface area contributed by atoms with Gasteiger partial charge >= 0.3 is 12.2 Å². The van der Waals surface area contributed by atoms with Crippen molar-refractivity contribution in [3.63, 3.8) is 0 Å². The standard InChI is InChI=1S/C29H40N4O8.C19H24N4O4/c1-28(2,3)40-26(36)33(27(37)41-29(4,5)6)23-17-19(13-15-30-23)11-12-21(31-25(35)20-9-7-8-10-20)22(34)18-38-24-14-16-39-32-24;20-17-11-13(7-9-21-17)5-6-15(22-19(25)14-3-1-2-4-14)16(24)12-26-18-8-10-27-23-18/h13-17,20-21H,7-12,18H2,1-6H3,(H,31,35);7-11,14-15H,1-6,12H2,(H2,20,21)(H,22,25). The fourth-order valence-electron chi connectivity index (χ4n) is 7.51. The minimum atomic E-state index is -0.932. The Hall–Kier alpha value is -6.86. The molecule has 0 radical (unpaired) electrons. The van der Waals surface area contributed by atoms with Gasteiger partial charge in [-0.15, -0.1) is 0 Å². The van der Waals surface area contributed by atoms with Crippen molar-refractivity contribution < 1.29 is 56.8 Å². The molecule has 0 aliphatic heterocycles. The molecule has 368 valence electrons. The van der Waals surface area contributed by atoms with Crippen LogP contribution in [0.2, 0.25) is 0 Å². The van der Waals surface area contributed by atoms with Crippen LogP contribution in [0.15, 0.2) is 70.4 Å². The Labute approximate surface area is 395 Å². The van der Waals surface area contributed by atoms with Gasteiger partial charge in [-0.3, -0.25) is 19.2 Å². The van der Waals surface area contributed by atoms with Gasteiger partial charge in [0.1, 0.15) is 35.4 Å². The molecule has 4 aromatic rings. The van der Waals surface area contributed by atoms with Crippen molar-refractivity contribution in [1.82, 2.24) is 30.9 Å². The zero-order valence-corrected chi connectivity index (χ0v) is 39.7. The molecular weight excluding hydrogens is 881 g/mol. The normalized spacial score (nSPS) is 15.0. The Balaban J connectivity index is 0.000000276. The van der Waals surface area contributed by atoms with Crippen molar-refractivity contribution in [2.75, 3.05) is 23.8 Å². The van der Waals surface area contributed by atoms with Gasteiger partial charge in [-0.25, -0.2) is 19.6 Å². The monoisotopic (exact) mass is 944 g/mol. The summed E-state index contributed by atoms with van der Waals surface area (Å²) in [6.45, 7) is 9.64. The number of amides is 4. The highest BCUT2D eigenvalue weighted by Crippen LogP contribution is 2.27. The summed E-state index contributed by atoms with van der Waals surface area (Å²) in [5.74, 6) is -0.00491. The topological polar surface area (TPSA) is 270 Å². The number of pyridine rings is 2. The smallest absolute Gasteiger partial charge is 0.425 e. The first-order valence-electron chi connectivity index (χ1n) is 23.0. The van der Waals surface area contributed by atoms with E-state index in [0.29, 0.717) is 30.6 Å². The molecule has 68 heavy (non-hydrogen) atoms. The summed E-state index contributed by atoms with van der Waals surface area (Å²) < 4.78 is 31.0. The zero-order chi connectivity index (χ0) is 49.3. The number of imide groups is 1. The van der Waals surface area contributed by atoms with Crippen LogP contribution in [-0.2, 0) is 41.5 Å². The van der Waals surface area contributed by atoms with E-state index in [0.717, 1.165) is 61.8 Å². The number of aryl methyl sites for hydroxylation is 2. The first-order chi connectivity index (χ1) is 32.3. The van der Waals surface area contributed by atoms with Crippen LogP contribution >= 0.6 is 0 Å². The van der Waals surface area contributed by atoms with E-state index in [2.05, 4.69) is 35.4 Å². The molecule has 2 atom stereocenters. The van der Waals surface area contributed by atoms with Crippen molar-refractivity contribution in [2.45, 2.75) is 142 Å². The summed E-state index contributed by atoms with van der Waals surface area (Å²) in [7, 11) is 0. The van der Waals surface area contributed by atoms with Gasteiger partial charge in [0.05, 0.1) is 12.1 Å². The number of carbonyl (C=O) groups excluding carboxylic acids is 6. The highest BCUT2D eigenvalue weighted by molar-refractivity contribution is 6.08. The lowest BCUT2D eigenvalue weighted by Crippen LogP contribution is -2.45. The van der Waals surface area contributed by atoms with Crippen LogP contribution in [0.3, 0.4) is 0 Å². The SMILES string of the molecule is CC(C)(C)OC(=O)N(C(=O)OC(C)(C)C)c1cc(CCC(NC(=O)C2CCCC2)C(=O)COc2ccon2)ccn1.Nc1cc(CCC(NC(=O)C2CCCC2)C(=O)COc2ccon2)ccn1. The number of nitrogens with one attached hydrogen (secondary N) is 2. The number of carbonyl (C=O) groups is 6. The summed E-state index contributed by atoms with van der Waals surface area (Å²) in [6.07, 6.45) is 13.0. The van der Waals surface area contributed by atoms with E-state index >= 15 is 0 Å². The molecule has 4 heterocycles. The molecule has 4 aromatic heterocycles. The number of anilines is 2. The number of rotatable bonds is 19. The van der Waals surface area contributed by atoms with Crippen molar-refractivity contribution in [3.05, 3.63) is 72.4 Å². The molecule has 6 rings (SSSR count). The summed E-state index contributed by atoms with van der Waals surface area (Å²) in [6, 6.07) is 8.45. The van der Waals surface area contributed by atoms with Crippen LogP contribution in [0.1, 0.15) is 117 Å². The number of nitrogen functional groups attached to an aromatic ring is 1. The van der Waals surface area contributed by atoms with E-state index in [-0.39, 0.29) is 72.4 Å². The average Bonchev–Trinajstić information content (AvgIpc) is 4.13. The van der Waals surface area contributed by atoms with E-state index in [9.17, 15) is 28.8 Å². The first-order valence-corrected chi connectivity index (χ1v) is 23.0. The van der Waals surface area contributed by atoms with Crippen molar-refractivity contribution in [3.8, 4) is 11.8 Å². The van der Waals surface area contributed by atoms with Gasteiger partial charge in [0.25, 0.3) is 11.8 Å². The minimum Gasteiger partial charge on any atom is -0.467 e. The molecule has 4 amide bonds. The van der Waals surface area contributed by atoms with Gasteiger partial charge < -0.3 is 44.4 Å². The fourth-order valence-corrected chi connectivity index (χ4v) is 7.51. The number of Topliss-reactive ketones (excluding diaryl/α,β-unsaturated/α-hetero) is 2. The summed E-state index contributed by atoms with van der Waals surface area (Å²) in [5.41, 5.74) is 5.62. The molecule has 0 saturated heterocycles. The van der Waals surface area contributed by atoms with Crippen molar-refractivity contribution in [2.24, 2.45) is 11.8 Å². The minimum absolute atomic E-state index is 0.00618. The third kappa shape index (κ3) is 17.4. The Bertz CT molecular complexity index is 2230. The quantitative estimate of drug-likeness (QED) is 0.0861. The Morgan fingerprint density at radius 3 is 1.49 bits per heavy atom. The molecule has 2 aliphatic carbocycles. The van der Waals surface area contributed by atoms with Crippen LogP contribution in [0.25, 0.3) is 0 Å². The van der Waals surface area contributed by atoms with Crippen LogP contribution in [0.4, 0.5) is 21.2 Å². The molecular formula is C48H64N8O12. The summed E-state index contributed by atoms with van der Waals surface area (Å²) >= 11 is 0. The molecule has 4 N–H and O–H groups in total. The molecule has 0 bridgehead atoms. The number of ether oxygens (including phenoxy) is 4. The van der Waals surface area contributed by atoms with Gasteiger partial charge in [0, 0.05) is 36.4 Å². The summed E-state index contributed by atoms with van der Waals surface area (Å²) in [5, 5.41) is 13.1. The number of hydrogen-bond donors (Lipinski definition) is 3. The van der Waals surface area contributed by atoms with E-state index in [1.807, 2.05) is 6.07 Å². The van der Waals surface area contributed by atoms with E-state index < -0.39 is 35.5 Å². The highest BCUT2D eigenvalue weighted by Gasteiger charge is 2.34. The van der Waals surface area contributed by atoms with E-state index in [1.54, 1.807) is 65.9 Å². The summed E-state index contributed by atoms with van der Waals surface area (Å²) in [4.78, 5) is 86.1. The zero-order valence-electron chi connectivity index (χ0n) is 39.7. The lowest BCUT2D eigenvalue weighted by molar-refractivity contribution is -0.131. The fraction of sp³-hybridized carbons (Fsp3) is 0.542. The molecule has 2 fully saturated rings. The number of nitrogens with two attached hydrogens (primary N) is 1. The first kappa shape index (κ1) is 52.1. The lowest BCUT2D eigenvalue weighted by Gasteiger charge is -2.28. The molecule has 2 aliphatic rings. The maximum Gasteiger partial charge on any atom is 0.425 e. The molecule has 20 heteroatoms. The van der Waals surface area contributed by atoms with E-state index in [4.69, 9.17) is 29.2 Å². The Kier molecular flexibility index (Phi) is 19.0. The van der Waals surface area contributed by atoms with Gasteiger partial charge in [-0.1, -0.05) is 25.7 Å². The predicted molar refractivity (Wildman–Crippen MR) is 246 cm³/mol. The second-order valence-corrected chi connectivity index (χ2v) is 18.8. The largest absolute Gasteiger partial charge is 0.467 e. The molecule has 20 nitrogen and oxygen atoms in total.